The number of amides is 2. The largest absolute Gasteiger partial charge is 0.491 e. The highest BCUT2D eigenvalue weighted by Crippen LogP contribution is 2.37. The summed E-state index contributed by atoms with van der Waals surface area (Å²) in [5.41, 5.74) is 2.49. The van der Waals surface area contributed by atoms with Crippen molar-refractivity contribution in [3.05, 3.63) is 41.7 Å². The molecule has 4 rings (SSSR count). The lowest BCUT2D eigenvalue weighted by atomic mass is 10.0. The van der Waals surface area contributed by atoms with Crippen molar-refractivity contribution >= 4 is 22.8 Å². The van der Waals surface area contributed by atoms with E-state index < -0.39 is 25.3 Å². The number of rotatable bonds is 9. The van der Waals surface area contributed by atoms with Gasteiger partial charge in [-0.3, -0.25) is 9.59 Å². The van der Waals surface area contributed by atoms with Crippen LogP contribution in [0.4, 0.5) is 13.2 Å². The highest BCUT2D eigenvalue weighted by Gasteiger charge is 2.33. The number of halogens is 3. The quantitative estimate of drug-likeness (QED) is 0.395. The van der Waals surface area contributed by atoms with E-state index in [2.05, 4.69) is 5.32 Å². The minimum absolute atomic E-state index is 0.00266. The van der Waals surface area contributed by atoms with Gasteiger partial charge in [-0.15, -0.1) is 0 Å². The Morgan fingerprint density at radius 2 is 1.83 bits per heavy atom. The van der Waals surface area contributed by atoms with Gasteiger partial charge in [-0.2, -0.15) is 13.2 Å². The van der Waals surface area contributed by atoms with E-state index >= 15 is 0 Å². The van der Waals surface area contributed by atoms with E-state index in [1.165, 1.54) is 9.47 Å². The monoisotopic (exact) mass is 576 g/mol. The van der Waals surface area contributed by atoms with Crippen LogP contribution >= 0.6 is 0 Å². The number of piperidine rings is 1. The van der Waals surface area contributed by atoms with Crippen molar-refractivity contribution in [2.24, 2.45) is 7.05 Å². The molecule has 0 saturated carbocycles. The first kappa shape index (κ1) is 30.2. The smallest absolute Gasteiger partial charge is 0.422 e. The Hall–Kier alpha value is -3.80. The molecule has 1 aliphatic rings. The topological polar surface area (TPSA) is 106 Å². The summed E-state index contributed by atoms with van der Waals surface area (Å²) in [6.07, 6.45) is -3.18. The molecule has 1 aliphatic heterocycles. The number of aliphatic hydroxyl groups is 1. The zero-order chi connectivity index (χ0) is 29.9. The fourth-order valence-corrected chi connectivity index (χ4v) is 5.04. The van der Waals surface area contributed by atoms with E-state index in [0.29, 0.717) is 60.4 Å². The number of nitrogens with zero attached hydrogens (tertiary/aromatic N) is 3. The number of aryl methyl sites for hydroxylation is 2. The van der Waals surface area contributed by atoms with Crippen molar-refractivity contribution in [1.29, 1.82) is 0 Å². The fourth-order valence-electron chi connectivity index (χ4n) is 5.04. The van der Waals surface area contributed by atoms with Gasteiger partial charge in [0, 0.05) is 31.7 Å². The number of nitrogens with one attached hydrogen (secondary N) is 1. The minimum atomic E-state index is -4.62. The Morgan fingerprint density at radius 1 is 1.17 bits per heavy atom. The van der Waals surface area contributed by atoms with E-state index in [4.69, 9.17) is 19.6 Å². The number of pyridine rings is 1. The van der Waals surface area contributed by atoms with Gasteiger partial charge in [0.1, 0.15) is 18.0 Å². The van der Waals surface area contributed by atoms with Crippen molar-refractivity contribution in [3.8, 4) is 22.6 Å². The molecular weight excluding hydrogens is 541 g/mol. The van der Waals surface area contributed by atoms with Gasteiger partial charge >= 0.3 is 6.18 Å². The zero-order valence-electron chi connectivity index (χ0n) is 23.5. The molecule has 12 heteroatoms. The Labute approximate surface area is 236 Å². The number of alkyl halides is 3. The molecule has 1 fully saturated rings. The summed E-state index contributed by atoms with van der Waals surface area (Å²) in [4.78, 5) is 31.5. The third kappa shape index (κ3) is 6.92. The second kappa shape index (κ2) is 12.4. The van der Waals surface area contributed by atoms with E-state index in [1.807, 2.05) is 45.0 Å². The molecule has 1 aromatic carbocycles. The van der Waals surface area contributed by atoms with Crippen LogP contribution in [0.5, 0.6) is 11.5 Å². The standard InChI is InChI=1S/C29H35F3N4O5/c1-5-23-21(18-6-8-20(9-7-18)41-17(2)3)14-22-26(40-16-29(30,31)32)25(35(4)27(22)34-23)28(39)33-19-10-12-36(13-11-19)24(38)15-37/h6-9,14,17,19,37H,5,10-13,15-16H2,1-4H3,(H,33,39). The van der Waals surface area contributed by atoms with E-state index in [9.17, 15) is 22.8 Å². The Morgan fingerprint density at radius 3 is 2.39 bits per heavy atom. The van der Waals surface area contributed by atoms with Gasteiger partial charge in [0.25, 0.3) is 5.91 Å². The van der Waals surface area contributed by atoms with Crippen LogP contribution in [-0.4, -0.2) is 76.0 Å². The molecule has 0 unspecified atom stereocenters. The van der Waals surface area contributed by atoms with E-state index in [-0.39, 0.29) is 29.5 Å². The van der Waals surface area contributed by atoms with Crippen molar-refractivity contribution < 1.29 is 37.3 Å². The average molecular weight is 577 g/mol. The molecule has 0 spiro atoms. The van der Waals surface area contributed by atoms with Crippen LogP contribution in [0.2, 0.25) is 0 Å². The van der Waals surface area contributed by atoms with Gasteiger partial charge in [0.2, 0.25) is 5.91 Å². The molecule has 41 heavy (non-hydrogen) atoms. The number of ether oxygens (including phenoxy) is 2. The van der Waals surface area contributed by atoms with Crippen LogP contribution in [0, 0.1) is 0 Å². The number of carbonyl (C=O) groups excluding carboxylic acids is 2. The van der Waals surface area contributed by atoms with Gasteiger partial charge in [-0.05, 0) is 56.9 Å². The van der Waals surface area contributed by atoms with Crippen molar-refractivity contribution in [2.75, 3.05) is 26.3 Å². The number of benzene rings is 1. The molecule has 3 aromatic rings. The zero-order valence-corrected chi connectivity index (χ0v) is 23.5. The minimum Gasteiger partial charge on any atom is -0.491 e. The molecule has 0 aliphatic carbocycles. The summed E-state index contributed by atoms with van der Waals surface area (Å²) in [5, 5.41) is 12.3. The Bertz CT molecular complexity index is 1390. The van der Waals surface area contributed by atoms with E-state index in [0.717, 1.165) is 5.56 Å². The molecule has 0 radical (unpaired) electrons. The molecule has 0 bridgehead atoms. The van der Waals surface area contributed by atoms with Crippen molar-refractivity contribution in [1.82, 2.24) is 19.8 Å². The fraction of sp³-hybridized carbons (Fsp3) is 0.483. The maximum Gasteiger partial charge on any atom is 0.422 e. The summed E-state index contributed by atoms with van der Waals surface area (Å²) in [6, 6.07) is 8.79. The molecule has 0 atom stereocenters. The molecule has 1 saturated heterocycles. The Kier molecular flexibility index (Phi) is 9.11. The van der Waals surface area contributed by atoms with E-state index in [1.54, 1.807) is 13.1 Å². The average Bonchev–Trinajstić information content (AvgIpc) is 3.21. The summed E-state index contributed by atoms with van der Waals surface area (Å²) < 4.78 is 52.3. The number of aliphatic hydroxyl groups excluding tert-OH is 1. The number of fused-ring (bicyclic) bond motifs is 1. The third-order valence-electron chi connectivity index (χ3n) is 6.98. The number of hydrogen-bond acceptors (Lipinski definition) is 6. The third-order valence-corrected chi connectivity index (χ3v) is 6.98. The number of aromatic nitrogens is 2. The maximum atomic E-state index is 13.5. The van der Waals surface area contributed by atoms with Crippen LogP contribution in [0.1, 0.15) is 49.8 Å². The molecule has 2 aromatic heterocycles. The predicted octanol–water partition coefficient (Wildman–Crippen LogP) is 4.24. The van der Waals surface area contributed by atoms with Crippen LogP contribution in [0.15, 0.2) is 30.3 Å². The number of likely N-dealkylation sites (tertiary alicyclic amines) is 1. The SMILES string of the molecule is CCc1nc2c(cc1-c1ccc(OC(C)C)cc1)c(OCC(F)(F)F)c(C(=O)NC1CCN(C(=O)CO)CC1)n2C. The summed E-state index contributed by atoms with van der Waals surface area (Å²) in [6.45, 7) is 4.32. The summed E-state index contributed by atoms with van der Waals surface area (Å²) in [7, 11) is 1.57. The van der Waals surface area contributed by atoms with Crippen molar-refractivity contribution in [2.45, 2.75) is 58.4 Å². The first-order chi connectivity index (χ1) is 19.4. The van der Waals surface area contributed by atoms with Gasteiger partial charge in [0.15, 0.2) is 18.1 Å². The highest BCUT2D eigenvalue weighted by atomic mass is 19.4. The molecule has 9 nitrogen and oxygen atoms in total. The normalized spacial score (nSPS) is 14.5. The van der Waals surface area contributed by atoms with Crippen LogP contribution < -0.4 is 14.8 Å². The van der Waals surface area contributed by atoms with Gasteiger partial charge in [-0.25, -0.2) is 4.98 Å². The highest BCUT2D eigenvalue weighted by molar-refractivity contribution is 6.04. The van der Waals surface area contributed by atoms with Gasteiger partial charge in [-0.1, -0.05) is 19.1 Å². The predicted molar refractivity (Wildman–Crippen MR) is 147 cm³/mol. The molecular formula is C29H35F3N4O5. The second-order valence-corrected chi connectivity index (χ2v) is 10.3. The van der Waals surface area contributed by atoms with Gasteiger partial charge in [0.05, 0.1) is 17.2 Å². The first-order valence-corrected chi connectivity index (χ1v) is 13.6. The maximum absolute atomic E-state index is 13.5. The lowest BCUT2D eigenvalue weighted by Crippen LogP contribution is -2.47. The van der Waals surface area contributed by atoms with Crippen LogP contribution in [-0.2, 0) is 18.3 Å². The Balaban J connectivity index is 1.72. The first-order valence-electron chi connectivity index (χ1n) is 13.6. The molecule has 2 amide bonds. The number of hydrogen-bond donors (Lipinski definition) is 2. The molecule has 2 N–H and O–H groups in total. The molecule has 3 heterocycles. The lowest BCUT2D eigenvalue weighted by molar-refractivity contribution is -0.153. The summed E-state index contributed by atoms with van der Waals surface area (Å²) in [5.74, 6) is -0.483. The lowest BCUT2D eigenvalue weighted by Gasteiger charge is -2.32. The van der Waals surface area contributed by atoms with Gasteiger partial charge < -0.3 is 29.4 Å². The summed E-state index contributed by atoms with van der Waals surface area (Å²) >= 11 is 0. The van der Waals surface area contributed by atoms with Crippen LogP contribution in [0.25, 0.3) is 22.2 Å². The molecule has 222 valence electrons. The van der Waals surface area contributed by atoms with Crippen LogP contribution in [0.3, 0.4) is 0 Å². The number of carbonyl (C=O) groups is 2. The van der Waals surface area contributed by atoms with Crippen molar-refractivity contribution in [3.63, 3.8) is 0 Å². The second-order valence-electron chi connectivity index (χ2n) is 10.3.